The van der Waals surface area contributed by atoms with Crippen molar-refractivity contribution in [1.82, 2.24) is 0 Å². The lowest BCUT2D eigenvalue weighted by molar-refractivity contribution is 1.14. The van der Waals surface area contributed by atoms with Crippen molar-refractivity contribution in [2.45, 2.75) is 18.7 Å². The fourth-order valence-corrected chi connectivity index (χ4v) is 3.71. The zero-order valence-electron chi connectivity index (χ0n) is 10.2. The second kappa shape index (κ2) is 5.77. The lowest BCUT2D eigenvalue weighted by Crippen LogP contribution is -1.95. The first-order chi connectivity index (χ1) is 8.49. The fourth-order valence-electron chi connectivity index (χ4n) is 1.81. The van der Waals surface area contributed by atoms with Gasteiger partial charge in [0.15, 0.2) is 0 Å². The molecule has 0 aliphatic rings. The Labute approximate surface area is 130 Å². The highest BCUT2D eigenvalue weighted by Crippen LogP contribution is 2.37. The minimum Gasteiger partial charge on any atom is -0.0843 e. The molecule has 0 saturated carbocycles. The third kappa shape index (κ3) is 2.98. The molecule has 0 aromatic heterocycles. The number of hydrogen-bond acceptors (Lipinski definition) is 0. The van der Waals surface area contributed by atoms with Crippen LogP contribution >= 0.6 is 43.5 Å². The number of rotatable bonds is 2. The highest BCUT2D eigenvalue weighted by molar-refractivity contribution is 9.11. The topological polar surface area (TPSA) is 0 Å². The van der Waals surface area contributed by atoms with Crippen molar-refractivity contribution in [1.29, 1.82) is 0 Å². The summed E-state index contributed by atoms with van der Waals surface area (Å²) >= 11 is 13.3. The Morgan fingerprint density at radius 1 is 1.00 bits per heavy atom. The molecule has 0 radical (unpaired) electrons. The standard InChI is InChI=1S/C15H13Br2Cl/c1-9-3-4-11(7-10(9)2)15(17)13-6-5-12(18)8-14(13)16/h3-8,15H,1-2H3. The van der Waals surface area contributed by atoms with E-state index in [9.17, 15) is 0 Å². The van der Waals surface area contributed by atoms with E-state index in [1.807, 2.05) is 18.2 Å². The van der Waals surface area contributed by atoms with Gasteiger partial charge in [0.2, 0.25) is 0 Å². The lowest BCUT2D eigenvalue weighted by atomic mass is 10.0. The highest BCUT2D eigenvalue weighted by atomic mass is 79.9. The van der Waals surface area contributed by atoms with E-state index in [-0.39, 0.29) is 4.83 Å². The Morgan fingerprint density at radius 2 is 1.72 bits per heavy atom. The second-order valence-electron chi connectivity index (χ2n) is 4.37. The van der Waals surface area contributed by atoms with Crippen molar-refractivity contribution in [2.75, 3.05) is 0 Å². The maximum Gasteiger partial charge on any atom is 0.0655 e. The van der Waals surface area contributed by atoms with Crippen molar-refractivity contribution >= 4 is 43.5 Å². The molecule has 0 aliphatic carbocycles. The summed E-state index contributed by atoms with van der Waals surface area (Å²) in [5.74, 6) is 0. The van der Waals surface area contributed by atoms with Gasteiger partial charge in [0, 0.05) is 9.50 Å². The Balaban J connectivity index is 2.41. The van der Waals surface area contributed by atoms with Gasteiger partial charge in [0.05, 0.1) is 4.83 Å². The van der Waals surface area contributed by atoms with E-state index >= 15 is 0 Å². The van der Waals surface area contributed by atoms with E-state index in [0.717, 1.165) is 9.50 Å². The van der Waals surface area contributed by atoms with Crippen LogP contribution in [-0.2, 0) is 0 Å². The molecular formula is C15H13Br2Cl. The molecule has 0 fully saturated rings. The molecule has 0 heterocycles. The van der Waals surface area contributed by atoms with E-state index in [0.29, 0.717) is 0 Å². The van der Waals surface area contributed by atoms with Crippen LogP contribution in [0.25, 0.3) is 0 Å². The van der Waals surface area contributed by atoms with Crippen molar-refractivity contribution in [3.63, 3.8) is 0 Å². The Bertz CT molecular complexity index is 579. The maximum atomic E-state index is 5.97. The van der Waals surface area contributed by atoms with Crippen molar-refractivity contribution in [3.8, 4) is 0 Å². The minimum atomic E-state index is 0.170. The van der Waals surface area contributed by atoms with Gasteiger partial charge < -0.3 is 0 Å². The lowest BCUT2D eigenvalue weighted by Gasteiger charge is -2.14. The summed E-state index contributed by atoms with van der Waals surface area (Å²) in [5.41, 5.74) is 5.06. The molecule has 1 atom stereocenters. The first kappa shape index (κ1) is 14.1. The molecule has 1 unspecified atom stereocenters. The monoisotopic (exact) mass is 386 g/mol. The smallest absolute Gasteiger partial charge is 0.0655 e. The SMILES string of the molecule is Cc1ccc(C(Br)c2ccc(Cl)cc2Br)cc1C. The Kier molecular flexibility index (Phi) is 4.52. The molecule has 0 aliphatic heterocycles. The molecule has 0 amide bonds. The number of halogens is 3. The van der Waals surface area contributed by atoms with E-state index in [4.69, 9.17) is 11.6 Å². The fraction of sp³-hybridized carbons (Fsp3) is 0.200. The Hall–Kier alpha value is -0.310. The van der Waals surface area contributed by atoms with Crippen LogP contribution < -0.4 is 0 Å². The molecule has 3 heteroatoms. The largest absolute Gasteiger partial charge is 0.0843 e. The zero-order chi connectivity index (χ0) is 13.3. The third-order valence-corrected chi connectivity index (χ3v) is 5.00. The summed E-state index contributed by atoms with van der Waals surface area (Å²) in [4.78, 5) is 0.170. The van der Waals surface area contributed by atoms with Crippen molar-refractivity contribution in [3.05, 3.63) is 68.1 Å². The zero-order valence-corrected chi connectivity index (χ0v) is 14.1. The van der Waals surface area contributed by atoms with Crippen molar-refractivity contribution in [2.24, 2.45) is 0 Å². The summed E-state index contributed by atoms with van der Waals surface area (Å²) in [5, 5.41) is 0.741. The molecule has 18 heavy (non-hydrogen) atoms. The molecule has 0 saturated heterocycles. The molecule has 94 valence electrons. The van der Waals surface area contributed by atoms with Crippen LogP contribution in [0.2, 0.25) is 5.02 Å². The minimum absolute atomic E-state index is 0.170. The van der Waals surface area contributed by atoms with Crippen LogP contribution in [-0.4, -0.2) is 0 Å². The summed E-state index contributed by atoms with van der Waals surface area (Å²) < 4.78 is 1.02. The Morgan fingerprint density at radius 3 is 2.33 bits per heavy atom. The summed E-state index contributed by atoms with van der Waals surface area (Å²) in [6, 6.07) is 12.4. The van der Waals surface area contributed by atoms with Crippen molar-refractivity contribution < 1.29 is 0 Å². The summed E-state index contributed by atoms with van der Waals surface area (Å²) in [7, 11) is 0. The third-order valence-electron chi connectivity index (χ3n) is 3.06. The maximum absolute atomic E-state index is 5.97. The van der Waals surface area contributed by atoms with Crippen LogP contribution in [0.5, 0.6) is 0 Å². The van der Waals surface area contributed by atoms with Gasteiger partial charge in [-0.05, 0) is 48.2 Å². The van der Waals surface area contributed by atoms with Crippen LogP contribution in [0.4, 0.5) is 0 Å². The van der Waals surface area contributed by atoms with E-state index in [1.54, 1.807) is 0 Å². The van der Waals surface area contributed by atoms with Crippen LogP contribution in [0.1, 0.15) is 27.1 Å². The molecular weight excluding hydrogens is 375 g/mol. The van der Waals surface area contributed by atoms with E-state index < -0.39 is 0 Å². The van der Waals surface area contributed by atoms with Gasteiger partial charge in [0.1, 0.15) is 0 Å². The first-order valence-corrected chi connectivity index (χ1v) is 7.74. The van der Waals surface area contributed by atoms with Gasteiger partial charge in [-0.15, -0.1) is 0 Å². The predicted octanol–water partition coefficient (Wildman–Crippen LogP) is 6.20. The van der Waals surface area contributed by atoms with E-state index in [1.165, 1.54) is 22.3 Å². The van der Waals surface area contributed by atoms with Crippen LogP contribution in [0.3, 0.4) is 0 Å². The number of hydrogen-bond donors (Lipinski definition) is 0. The summed E-state index contributed by atoms with van der Waals surface area (Å²) in [6.07, 6.45) is 0. The first-order valence-electron chi connectivity index (χ1n) is 5.65. The molecule has 0 nitrogen and oxygen atoms in total. The second-order valence-corrected chi connectivity index (χ2v) is 6.58. The van der Waals surface area contributed by atoms with Gasteiger partial charge in [0.25, 0.3) is 0 Å². The molecule has 0 bridgehead atoms. The highest BCUT2D eigenvalue weighted by Gasteiger charge is 2.14. The van der Waals surface area contributed by atoms with Gasteiger partial charge >= 0.3 is 0 Å². The molecule has 2 rings (SSSR count). The van der Waals surface area contributed by atoms with Gasteiger partial charge in [-0.25, -0.2) is 0 Å². The summed E-state index contributed by atoms with van der Waals surface area (Å²) in [6.45, 7) is 4.26. The average Bonchev–Trinajstić information content (AvgIpc) is 2.32. The average molecular weight is 389 g/mol. The predicted molar refractivity (Wildman–Crippen MR) is 85.8 cm³/mol. The number of aryl methyl sites for hydroxylation is 2. The van der Waals surface area contributed by atoms with Crippen LogP contribution in [0, 0.1) is 13.8 Å². The number of benzene rings is 2. The van der Waals surface area contributed by atoms with E-state index in [2.05, 4.69) is 63.9 Å². The quantitative estimate of drug-likeness (QED) is 0.537. The molecule has 2 aromatic carbocycles. The van der Waals surface area contributed by atoms with Crippen LogP contribution in [0.15, 0.2) is 40.9 Å². The molecule has 0 spiro atoms. The molecule has 0 N–H and O–H groups in total. The van der Waals surface area contributed by atoms with Gasteiger partial charge in [-0.3, -0.25) is 0 Å². The normalized spacial score (nSPS) is 12.5. The van der Waals surface area contributed by atoms with Gasteiger partial charge in [-0.2, -0.15) is 0 Å². The molecule has 2 aromatic rings. The van der Waals surface area contributed by atoms with Gasteiger partial charge in [-0.1, -0.05) is 67.7 Å². The number of alkyl halides is 1.